The van der Waals surface area contributed by atoms with Crippen molar-refractivity contribution in [1.29, 1.82) is 0 Å². The molecule has 3 saturated heterocycles. The van der Waals surface area contributed by atoms with Gasteiger partial charge in [-0.2, -0.15) is 17.0 Å². The van der Waals surface area contributed by atoms with Crippen molar-refractivity contribution in [3.8, 4) is 0 Å². The monoisotopic (exact) mass is 402 g/mol. The van der Waals surface area contributed by atoms with Crippen molar-refractivity contribution in [2.45, 2.75) is 32.7 Å². The van der Waals surface area contributed by atoms with Crippen molar-refractivity contribution in [1.82, 2.24) is 18.4 Å². The van der Waals surface area contributed by atoms with Crippen LogP contribution >= 0.6 is 0 Å². The fourth-order valence-corrected chi connectivity index (χ4v) is 5.42. The van der Waals surface area contributed by atoms with Crippen LogP contribution in [0.15, 0.2) is 0 Å². The Morgan fingerprint density at radius 1 is 1.00 bits per heavy atom. The molecule has 0 aromatic rings. The van der Waals surface area contributed by atoms with Crippen molar-refractivity contribution < 1.29 is 22.7 Å². The van der Waals surface area contributed by atoms with Crippen molar-refractivity contribution in [3.63, 3.8) is 0 Å². The van der Waals surface area contributed by atoms with Crippen LogP contribution in [0.25, 0.3) is 0 Å². The highest BCUT2D eigenvalue weighted by molar-refractivity contribution is 7.86. The number of nitrogens with zero attached hydrogens (tertiary/aromatic N) is 4. The number of piperazine rings is 1. The molecule has 9 nitrogen and oxygen atoms in total. The smallest absolute Gasteiger partial charge is 0.282 e. The minimum absolute atomic E-state index is 0.00869. The predicted octanol–water partition coefficient (Wildman–Crippen LogP) is -0.645. The molecule has 0 bridgehead atoms. The normalized spacial score (nSPS) is 26.6. The number of ether oxygens (including phenoxy) is 1. The van der Waals surface area contributed by atoms with Crippen molar-refractivity contribution >= 4 is 22.0 Å². The third-order valence-electron chi connectivity index (χ3n) is 5.46. The molecule has 3 rings (SSSR count). The second-order valence-electron chi connectivity index (χ2n) is 8.32. The molecule has 3 aliphatic heterocycles. The first-order valence-corrected chi connectivity index (χ1v) is 10.9. The molecule has 154 valence electrons. The fraction of sp³-hybridized carbons (Fsp3) is 0.882. The molecule has 3 aliphatic rings. The van der Waals surface area contributed by atoms with Gasteiger partial charge in [0.15, 0.2) is 0 Å². The second-order valence-corrected chi connectivity index (χ2v) is 10.2. The molecule has 0 N–H and O–H groups in total. The summed E-state index contributed by atoms with van der Waals surface area (Å²) in [6.45, 7) is 9.20. The number of carbonyl (C=O) groups is 2. The molecule has 10 heteroatoms. The molecule has 0 aliphatic carbocycles. The number of rotatable bonds is 3. The van der Waals surface area contributed by atoms with Crippen LogP contribution in [0, 0.1) is 5.92 Å². The maximum absolute atomic E-state index is 12.8. The summed E-state index contributed by atoms with van der Waals surface area (Å²) < 4.78 is 33.5. The Bertz CT molecular complexity index is 676. The van der Waals surface area contributed by atoms with Crippen molar-refractivity contribution in [2.75, 3.05) is 59.0 Å². The first kappa shape index (κ1) is 20.5. The van der Waals surface area contributed by atoms with Gasteiger partial charge in [-0.3, -0.25) is 9.59 Å². The Morgan fingerprint density at radius 2 is 1.56 bits per heavy atom. The summed E-state index contributed by atoms with van der Waals surface area (Å²) in [7, 11) is -3.50. The van der Waals surface area contributed by atoms with Crippen LogP contribution in [0.1, 0.15) is 27.2 Å². The van der Waals surface area contributed by atoms with Gasteiger partial charge in [-0.05, 0) is 20.8 Å². The average molecular weight is 403 g/mol. The van der Waals surface area contributed by atoms with Gasteiger partial charge in [0.2, 0.25) is 11.8 Å². The number of likely N-dealkylation sites (tertiary alicyclic amines) is 1. The number of hydrogen-bond acceptors (Lipinski definition) is 5. The third-order valence-corrected chi connectivity index (χ3v) is 7.49. The van der Waals surface area contributed by atoms with Crippen LogP contribution in [0.2, 0.25) is 0 Å². The fourth-order valence-electron chi connectivity index (χ4n) is 3.86. The molecule has 1 atom stereocenters. The minimum atomic E-state index is -3.50. The largest absolute Gasteiger partial charge is 0.379 e. The van der Waals surface area contributed by atoms with E-state index in [0.717, 1.165) is 0 Å². The van der Waals surface area contributed by atoms with E-state index in [1.54, 1.807) is 9.80 Å². The van der Waals surface area contributed by atoms with E-state index in [-0.39, 0.29) is 42.8 Å². The summed E-state index contributed by atoms with van der Waals surface area (Å²) in [6.07, 6.45) is 0.238. The zero-order valence-electron chi connectivity index (χ0n) is 16.4. The van der Waals surface area contributed by atoms with Gasteiger partial charge in [-0.15, -0.1) is 0 Å². The van der Waals surface area contributed by atoms with E-state index < -0.39 is 10.2 Å². The van der Waals surface area contributed by atoms with Gasteiger partial charge < -0.3 is 14.5 Å². The number of carbonyl (C=O) groups excluding carboxylic acids is 2. The van der Waals surface area contributed by atoms with E-state index in [1.807, 2.05) is 20.8 Å². The molecular formula is C17H30N4O5S. The summed E-state index contributed by atoms with van der Waals surface area (Å²) in [5, 5.41) is 0. The van der Waals surface area contributed by atoms with Gasteiger partial charge in [-0.1, -0.05) is 0 Å². The molecular weight excluding hydrogens is 372 g/mol. The molecule has 0 aromatic carbocycles. The Morgan fingerprint density at radius 3 is 2.07 bits per heavy atom. The van der Waals surface area contributed by atoms with E-state index in [1.165, 1.54) is 8.61 Å². The lowest BCUT2D eigenvalue weighted by Crippen LogP contribution is -2.56. The highest BCUT2D eigenvalue weighted by Crippen LogP contribution is 2.27. The van der Waals surface area contributed by atoms with Gasteiger partial charge in [-0.25, -0.2) is 0 Å². The van der Waals surface area contributed by atoms with E-state index in [9.17, 15) is 18.0 Å². The molecule has 0 aromatic heterocycles. The van der Waals surface area contributed by atoms with E-state index in [4.69, 9.17) is 4.74 Å². The molecule has 27 heavy (non-hydrogen) atoms. The van der Waals surface area contributed by atoms with Crippen molar-refractivity contribution in [2.24, 2.45) is 5.92 Å². The quantitative estimate of drug-likeness (QED) is 0.626. The van der Waals surface area contributed by atoms with Gasteiger partial charge in [0, 0.05) is 57.8 Å². The van der Waals surface area contributed by atoms with Crippen LogP contribution in [0.5, 0.6) is 0 Å². The maximum atomic E-state index is 12.8. The van der Waals surface area contributed by atoms with E-state index in [0.29, 0.717) is 45.9 Å². The summed E-state index contributed by atoms with van der Waals surface area (Å²) in [6, 6.07) is 0. The SMILES string of the molecule is CC(C)(C)N1C[C@@H](C(=O)N2CCN(S(=O)(=O)N3CCOCC3)CC2)CC1=O. The Balaban J connectivity index is 1.56. The molecule has 3 fully saturated rings. The van der Waals surface area contributed by atoms with Crippen LogP contribution in [0.4, 0.5) is 0 Å². The molecule has 0 radical (unpaired) electrons. The van der Waals surface area contributed by atoms with E-state index in [2.05, 4.69) is 0 Å². The summed E-state index contributed by atoms with van der Waals surface area (Å²) >= 11 is 0. The molecule has 0 unspecified atom stereocenters. The standard InChI is InChI=1S/C17H30N4O5S/c1-17(2,3)21-13-14(12-15(21)22)16(23)18-4-6-19(7-5-18)27(24,25)20-8-10-26-11-9-20/h14H,4-13H2,1-3H3/t14-/m0/s1. The lowest BCUT2D eigenvalue weighted by molar-refractivity contribution is -0.137. The van der Waals surface area contributed by atoms with Gasteiger partial charge in [0.1, 0.15) is 0 Å². The maximum Gasteiger partial charge on any atom is 0.282 e. The molecule has 3 heterocycles. The van der Waals surface area contributed by atoms with E-state index >= 15 is 0 Å². The molecule has 2 amide bonds. The van der Waals surface area contributed by atoms with Crippen LogP contribution in [-0.4, -0.2) is 103 Å². The topological polar surface area (TPSA) is 90.5 Å². The van der Waals surface area contributed by atoms with Crippen LogP contribution in [0.3, 0.4) is 0 Å². The highest BCUT2D eigenvalue weighted by Gasteiger charge is 2.42. The Kier molecular flexibility index (Phi) is 5.81. The first-order chi connectivity index (χ1) is 12.6. The predicted molar refractivity (Wildman–Crippen MR) is 99.0 cm³/mol. The van der Waals surface area contributed by atoms with Gasteiger partial charge in [0.05, 0.1) is 19.1 Å². The average Bonchev–Trinajstić information content (AvgIpc) is 3.04. The number of hydrogen-bond donors (Lipinski definition) is 0. The summed E-state index contributed by atoms with van der Waals surface area (Å²) in [5.41, 5.74) is -0.295. The minimum Gasteiger partial charge on any atom is -0.379 e. The third kappa shape index (κ3) is 4.28. The summed E-state index contributed by atoms with van der Waals surface area (Å²) in [5.74, 6) is -0.368. The zero-order chi connectivity index (χ0) is 19.8. The highest BCUT2D eigenvalue weighted by atomic mass is 32.2. The van der Waals surface area contributed by atoms with Gasteiger partial charge in [0.25, 0.3) is 10.2 Å². The zero-order valence-corrected chi connectivity index (χ0v) is 17.2. The molecule has 0 spiro atoms. The van der Waals surface area contributed by atoms with Crippen LogP contribution in [-0.2, 0) is 24.5 Å². The first-order valence-electron chi connectivity index (χ1n) is 9.53. The number of morpholine rings is 1. The van der Waals surface area contributed by atoms with Gasteiger partial charge >= 0.3 is 0 Å². The van der Waals surface area contributed by atoms with Crippen LogP contribution < -0.4 is 0 Å². The lowest BCUT2D eigenvalue weighted by atomic mass is 10.1. The molecule has 0 saturated carbocycles. The second kappa shape index (κ2) is 7.65. The lowest BCUT2D eigenvalue weighted by Gasteiger charge is -2.38. The van der Waals surface area contributed by atoms with Crippen molar-refractivity contribution in [3.05, 3.63) is 0 Å². The number of amides is 2. The summed E-state index contributed by atoms with van der Waals surface area (Å²) in [4.78, 5) is 28.5. The Labute approximate surface area is 161 Å². The Hall–Kier alpha value is -1.23.